The SMILES string of the molecule is O=C(N/N=C/c1cccs1)c1cc(-c2ccc(-c3cccs3)s2)nc2ccccc12. The lowest BCUT2D eigenvalue weighted by Gasteiger charge is -2.08. The van der Waals surface area contributed by atoms with Crippen LogP contribution in [0.5, 0.6) is 0 Å². The van der Waals surface area contributed by atoms with Gasteiger partial charge < -0.3 is 0 Å². The smallest absolute Gasteiger partial charge is 0.267 e. The van der Waals surface area contributed by atoms with Gasteiger partial charge in [-0.1, -0.05) is 30.3 Å². The molecule has 5 aromatic rings. The molecule has 0 radical (unpaired) electrons. The Kier molecular flexibility index (Phi) is 5.23. The van der Waals surface area contributed by atoms with Gasteiger partial charge in [-0.05, 0) is 47.2 Å². The van der Waals surface area contributed by atoms with Crippen LogP contribution in [0, 0.1) is 0 Å². The zero-order chi connectivity index (χ0) is 20.3. The third-order valence-electron chi connectivity index (χ3n) is 4.48. The molecule has 4 aromatic heterocycles. The summed E-state index contributed by atoms with van der Waals surface area (Å²) in [7, 11) is 0. The first kappa shape index (κ1) is 18.9. The molecule has 0 aliphatic heterocycles. The number of carbonyl (C=O) groups excluding carboxylic acids is 1. The van der Waals surface area contributed by atoms with Crippen molar-refractivity contribution in [2.24, 2.45) is 5.10 Å². The molecule has 7 heteroatoms. The maximum atomic E-state index is 12.9. The van der Waals surface area contributed by atoms with Crippen molar-refractivity contribution in [3.05, 3.63) is 87.9 Å². The van der Waals surface area contributed by atoms with Gasteiger partial charge >= 0.3 is 0 Å². The lowest BCUT2D eigenvalue weighted by Crippen LogP contribution is -2.18. The number of rotatable bonds is 5. The molecule has 1 N–H and O–H groups in total. The molecule has 1 amide bonds. The van der Waals surface area contributed by atoms with Gasteiger partial charge in [-0.15, -0.1) is 34.0 Å². The third kappa shape index (κ3) is 3.82. The zero-order valence-electron chi connectivity index (χ0n) is 15.6. The Morgan fingerprint density at radius 1 is 0.900 bits per heavy atom. The highest BCUT2D eigenvalue weighted by atomic mass is 32.1. The monoisotopic (exact) mass is 445 g/mol. The van der Waals surface area contributed by atoms with Crippen LogP contribution in [0.2, 0.25) is 0 Å². The van der Waals surface area contributed by atoms with Crippen molar-refractivity contribution in [3.63, 3.8) is 0 Å². The molecule has 5 rings (SSSR count). The summed E-state index contributed by atoms with van der Waals surface area (Å²) in [6.45, 7) is 0. The first-order chi connectivity index (χ1) is 14.8. The molecule has 0 aliphatic carbocycles. The highest BCUT2D eigenvalue weighted by Gasteiger charge is 2.15. The molecular formula is C23H15N3OS3. The number of hydrogen-bond acceptors (Lipinski definition) is 6. The molecule has 0 atom stereocenters. The van der Waals surface area contributed by atoms with E-state index in [4.69, 9.17) is 4.98 Å². The molecule has 0 unspecified atom stereocenters. The first-order valence-electron chi connectivity index (χ1n) is 9.19. The summed E-state index contributed by atoms with van der Waals surface area (Å²) in [6, 6.07) is 21.8. The summed E-state index contributed by atoms with van der Waals surface area (Å²) in [5.74, 6) is -0.252. The number of hydrogen-bond donors (Lipinski definition) is 1. The standard InChI is InChI=1S/C23H15N3OS3/c27-23(26-24-14-15-5-3-11-28-15)17-13-19(25-18-7-2-1-6-16(17)18)20-9-10-22(30-20)21-8-4-12-29-21/h1-14H,(H,26,27)/b24-14+. The van der Waals surface area contributed by atoms with Crippen LogP contribution in [-0.2, 0) is 0 Å². The number of benzene rings is 1. The highest BCUT2D eigenvalue weighted by molar-refractivity contribution is 7.23. The van der Waals surface area contributed by atoms with Crippen LogP contribution >= 0.6 is 34.0 Å². The summed E-state index contributed by atoms with van der Waals surface area (Å²) >= 11 is 4.96. The maximum absolute atomic E-state index is 12.9. The van der Waals surface area contributed by atoms with E-state index in [-0.39, 0.29) is 5.91 Å². The number of thiophene rings is 3. The van der Waals surface area contributed by atoms with Gasteiger partial charge in [-0.2, -0.15) is 5.10 Å². The van der Waals surface area contributed by atoms with Crippen LogP contribution in [0.4, 0.5) is 0 Å². The van der Waals surface area contributed by atoms with Crippen LogP contribution in [0.1, 0.15) is 15.2 Å². The minimum absolute atomic E-state index is 0.252. The van der Waals surface area contributed by atoms with E-state index < -0.39 is 0 Å². The molecule has 0 bridgehead atoms. The quantitative estimate of drug-likeness (QED) is 0.247. The number of nitrogens with zero attached hydrogens (tertiary/aromatic N) is 2. The summed E-state index contributed by atoms with van der Waals surface area (Å²) in [6.07, 6.45) is 1.65. The van der Waals surface area contributed by atoms with Crippen LogP contribution in [0.3, 0.4) is 0 Å². The topological polar surface area (TPSA) is 54.4 Å². The van der Waals surface area contributed by atoms with Crippen molar-refractivity contribution < 1.29 is 4.79 Å². The van der Waals surface area contributed by atoms with Crippen LogP contribution in [0.25, 0.3) is 31.2 Å². The molecular weight excluding hydrogens is 430 g/mol. The second-order valence-corrected chi connectivity index (χ2v) is 9.44. The van der Waals surface area contributed by atoms with E-state index in [2.05, 4.69) is 34.1 Å². The molecule has 0 spiro atoms. The summed E-state index contributed by atoms with van der Waals surface area (Å²) in [5, 5.41) is 8.95. The van der Waals surface area contributed by atoms with Crippen molar-refractivity contribution in [2.45, 2.75) is 0 Å². The van der Waals surface area contributed by atoms with E-state index in [0.717, 1.165) is 26.4 Å². The lowest BCUT2D eigenvalue weighted by atomic mass is 10.1. The van der Waals surface area contributed by atoms with Gasteiger partial charge in [-0.25, -0.2) is 10.4 Å². The van der Waals surface area contributed by atoms with Crippen molar-refractivity contribution in [3.8, 4) is 20.3 Å². The Bertz CT molecular complexity index is 1340. The number of para-hydroxylation sites is 1. The fourth-order valence-corrected chi connectivity index (χ4v) is 5.48. The van der Waals surface area contributed by atoms with Crippen LogP contribution in [0.15, 0.2) is 82.6 Å². The Morgan fingerprint density at radius 3 is 2.57 bits per heavy atom. The van der Waals surface area contributed by atoms with E-state index in [9.17, 15) is 4.79 Å². The molecule has 1 aromatic carbocycles. The van der Waals surface area contributed by atoms with Crippen molar-refractivity contribution >= 4 is 57.0 Å². The number of aromatic nitrogens is 1. The molecule has 30 heavy (non-hydrogen) atoms. The zero-order valence-corrected chi connectivity index (χ0v) is 18.1. The molecule has 0 aliphatic rings. The summed E-state index contributed by atoms with van der Waals surface area (Å²) in [5.41, 5.74) is 4.78. The molecule has 0 saturated carbocycles. The largest absolute Gasteiger partial charge is 0.272 e. The normalized spacial score (nSPS) is 11.3. The van der Waals surface area contributed by atoms with Gasteiger partial charge in [0.2, 0.25) is 0 Å². The average Bonchev–Trinajstić information content (AvgIpc) is 3.55. The Labute approximate surface area is 185 Å². The van der Waals surface area contributed by atoms with Crippen LogP contribution in [-0.4, -0.2) is 17.1 Å². The number of pyridine rings is 1. The molecule has 4 heterocycles. The molecule has 146 valence electrons. The van der Waals surface area contributed by atoms with E-state index in [1.54, 1.807) is 40.2 Å². The summed E-state index contributed by atoms with van der Waals surface area (Å²) in [4.78, 5) is 22.2. The molecule has 4 nitrogen and oxygen atoms in total. The second kappa shape index (κ2) is 8.31. The highest BCUT2D eigenvalue weighted by Crippen LogP contribution is 2.36. The van der Waals surface area contributed by atoms with E-state index in [0.29, 0.717) is 5.56 Å². The predicted molar refractivity (Wildman–Crippen MR) is 128 cm³/mol. The predicted octanol–water partition coefficient (Wildman–Crippen LogP) is 6.52. The maximum Gasteiger partial charge on any atom is 0.272 e. The fraction of sp³-hybridized carbons (Fsp3) is 0. The van der Waals surface area contributed by atoms with Crippen molar-refractivity contribution in [1.82, 2.24) is 10.4 Å². The van der Waals surface area contributed by atoms with Gasteiger partial charge in [0.1, 0.15) is 0 Å². The van der Waals surface area contributed by atoms with Gasteiger partial charge in [-0.3, -0.25) is 4.79 Å². The van der Waals surface area contributed by atoms with E-state index in [1.165, 1.54) is 9.75 Å². The van der Waals surface area contributed by atoms with E-state index in [1.807, 2.05) is 53.9 Å². The number of carbonyl (C=O) groups is 1. The number of fused-ring (bicyclic) bond motifs is 1. The molecule has 0 saturated heterocycles. The minimum atomic E-state index is -0.252. The van der Waals surface area contributed by atoms with Crippen molar-refractivity contribution in [1.29, 1.82) is 0 Å². The molecule has 0 fully saturated rings. The third-order valence-corrected chi connectivity index (χ3v) is 7.46. The second-order valence-electron chi connectivity index (χ2n) is 6.43. The minimum Gasteiger partial charge on any atom is -0.267 e. The Hall–Kier alpha value is -3.13. The average molecular weight is 446 g/mol. The fourth-order valence-electron chi connectivity index (χ4n) is 3.10. The number of nitrogens with one attached hydrogen (secondary N) is 1. The Balaban J connectivity index is 1.51. The van der Waals surface area contributed by atoms with Gasteiger partial charge in [0.15, 0.2) is 0 Å². The number of amides is 1. The first-order valence-corrected chi connectivity index (χ1v) is 11.8. The number of hydrazone groups is 1. The van der Waals surface area contributed by atoms with Crippen molar-refractivity contribution in [2.75, 3.05) is 0 Å². The Morgan fingerprint density at radius 2 is 1.73 bits per heavy atom. The van der Waals surface area contributed by atoms with Gasteiger partial charge in [0.25, 0.3) is 5.91 Å². The van der Waals surface area contributed by atoms with Gasteiger partial charge in [0.05, 0.1) is 27.9 Å². The van der Waals surface area contributed by atoms with E-state index >= 15 is 0 Å². The van der Waals surface area contributed by atoms with Crippen LogP contribution < -0.4 is 5.43 Å². The van der Waals surface area contributed by atoms with Gasteiger partial charge in [0, 0.05) is 20.0 Å². The lowest BCUT2D eigenvalue weighted by molar-refractivity contribution is 0.0957. The summed E-state index contributed by atoms with van der Waals surface area (Å²) < 4.78 is 0.